The molecule has 0 unspecified atom stereocenters. The summed E-state index contributed by atoms with van der Waals surface area (Å²) in [5.74, 6) is -0.233. The monoisotopic (exact) mass is 278 g/mol. The molecule has 1 aromatic carbocycles. The van der Waals surface area contributed by atoms with Gasteiger partial charge in [0, 0.05) is 23.2 Å². The summed E-state index contributed by atoms with van der Waals surface area (Å²) >= 11 is 1.73. The fraction of sp³-hybridized carbons (Fsp3) is 0.333. The average molecular weight is 278 g/mol. The van der Waals surface area contributed by atoms with Crippen molar-refractivity contribution in [3.63, 3.8) is 0 Å². The van der Waals surface area contributed by atoms with Gasteiger partial charge in [0.2, 0.25) is 0 Å². The zero-order valence-corrected chi connectivity index (χ0v) is 12.1. The molecule has 0 aliphatic heterocycles. The SMILES string of the molecule is CCN(Cc1cccs1)c1ccc(F)cc1[C@@H](C)N. The fourth-order valence-corrected chi connectivity index (χ4v) is 2.86. The van der Waals surface area contributed by atoms with Crippen LogP contribution in [-0.2, 0) is 6.54 Å². The molecule has 1 aromatic heterocycles. The highest BCUT2D eigenvalue weighted by molar-refractivity contribution is 7.09. The molecule has 1 atom stereocenters. The molecule has 0 aliphatic carbocycles. The Morgan fingerprint density at radius 1 is 1.37 bits per heavy atom. The molecule has 0 fully saturated rings. The Morgan fingerprint density at radius 3 is 2.74 bits per heavy atom. The van der Waals surface area contributed by atoms with E-state index >= 15 is 0 Å². The van der Waals surface area contributed by atoms with Gasteiger partial charge >= 0.3 is 0 Å². The largest absolute Gasteiger partial charge is 0.366 e. The Balaban J connectivity index is 2.32. The highest BCUT2D eigenvalue weighted by atomic mass is 32.1. The number of hydrogen-bond donors (Lipinski definition) is 1. The smallest absolute Gasteiger partial charge is 0.123 e. The van der Waals surface area contributed by atoms with Crippen molar-refractivity contribution in [2.45, 2.75) is 26.4 Å². The number of halogens is 1. The van der Waals surface area contributed by atoms with Crippen LogP contribution in [0.3, 0.4) is 0 Å². The summed E-state index contributed by atoms with van der Waals surface area (Å²) in [5.41, 5.74) is 7.84. The Morgan fingerprint density at radius 2 is 2.16 bits per heavy atom. The van der Waals surface area contributed by atoms with E-state index < -0.39 is 0 Å². The number of nitrogens with zero attached hydrogens (tertiary/aromatic N) is 1. The Labute approximate surface area is 117 Å². The van der Waals surface area contributed by atoms with Gasteiger partial charge in [-0.05, 0) is 49.1 Å². The van der Waals surface area contributed by atoms with Crippen LogP contribution in [-0.4, -0.2) is 6.54 Å². The summed E-state index contributed by atoms with van der Waals surface area (Å²) in [6, 6.07) is 8.84. The zero-order valence-electron chi connectivity index (χ0n) is 11.3. The molecule has 2 aromatic rings. The number of benzene rings is 1. The predicted molar refractivity (Wildman–Crippen MR) is 80.0 cm³/mol. The third-order valence-corrected chi connectivity index (χ3v) is 3.99. The van der Waals surface area contributed by atoms with Gasteiger partial charge < -0.3 is 10.6 Å². The highest BCUT2D eigenvalue weighted by Gasteiger charge is 2.14. The molecule has 2 nitrogen and oxygen atoms in total. The van der Waals surface area contributed by atoms with Crippen LogP contribution in [0, 0.1) is 5.82 Å². The molecule has 2 rings (SSSR count). The van der Waals surface area contributed by atoms with Crippen molar-refractivity contribution in [2.75, 3.05) is 11.4 Å². The highest BCUT2D eigenvalue weighted by Crippen LogP contribution is 2.28. The van der Waals surface area contributed by atoms with E-state index in [9.17, 15) is 4.39 Å². The van der Waals surface area contributed by atoms with E-state index in [-0.39, 0.29) is 11.9 Å². The third-order valence-electron chi connectivity index (χ3n) is 3.13. The molecule has 0 aliphatic rings. The number of anilines is 1. The normalized spacial score (nSPS) is 12.4. The fourth-order valence-electron chi connectivity index (χ4n) is 2.14. The minimum atomic E-state index is -0.233. The summed E-state index contributed by atoms with van der Waals surface area (Å²) in [5, 5.41) is 2.07. The van der Waals surface area contributed by atoms with Crippen LogP contribution in [0.25, 0.3) is 0 Å². The van der Waals surface area contributed by atoms with E-state index in [0.717, 1.165) is 24.3 Å². The van der Waals surface area contributed by atoms with Crippen molar-refractivity contribution >= 4 is 17.0 Å². The van der Waals surface area contributed by atoms with E-state index in [1.807, 2.05) is 19.1 Å². The molecule has 2 N–H and O–H groups in total. The second-order valence-electron chi connectivity index (χ2n) is 4.59. The summed E-state index contributed by atoms with van der Waals surface area (Å²) in [7, 11) is 0. The summed E-state index contributed by atoms with van der Waals surface area (Å²) in [4.78, 5) is 3.52. The minimum Gasteiger partial charge on any atom is -0.366 e. The molecule has 1 heterocycles. The average Bonchev–Trinajstić information content (AvgIpc) is 2.89. The number of nitrogens with two attached hydrogens (primary N) is 1. The zero-order chi connectivity index (χ0) is 13.8. The van der Waals surface area contributed by atoms with E-state index in [4.69, 9.17) is 5.73 Å². The van der Waals surface area contributed by atoms with Crippen LogP contribution < -0.4 is 10.6 Å². The van der Waals surface area contributed by atoms with Gasteiger partial charge in [-0.2, -0.15) is 0 Å². The van der Waals surface area contributed by atoms with Crippen LogP contribution in [0.2, 0.25) is 0 Å². The van der Waals surface area contributed by atoms with Gasteiger partial charge in [-0.25, -0.2) is 4.39 Å². The van der Waals surface area contributed by atoms with Crippen molar-refractivity contribution in [3.8, 4) is 0 Å². The lowest BCUT2D eigenvalue weighted by Gasteiger charge is -2.26. The first kappa shape index (κ1) is 14.0. The van der Waals surface area contributed by atoms with Crippen LogP contribution in [0.15, 0.2) is 35.7 Å². The Hall–Kier alpha value is -1.39. The molecule has 0 radical (unpaired) electrons. The van der Waals surface area contributed by atoms with Crippen molar-refractivity contribution in [1.29, 1.82) is 0 Å². The van der Waals surface area contributed by atoms with Gasteiger partial charge in [-0.3, -0.25) is 0 Å². The summed E-state index contributed by atoms with van der Waals surface area (Å²) < 4.78 is 13.4. The summed E-state index contributed by atoms with van der Waals surface area (Å²) in [6.07, 6.45) is 0. The molecule has 0 saturated heterocycles. The second kappa shape index (κ2) is 6.17. The van der Waals surface area contributed by atoms with E-state index in [0.29, 0.717) is 0 Å². The minimum absolute atomic E-state index is 0.178. The molecule has 19 heavy (non-hydrogen) atoms. The number of hydrogen-bond acceptors (Lipinski definition) is 3. The molecule has 0 saturated carbocycles. The molecular weight excluding hydrogens is 259 g/mol. The Bertz CT molecular complexity index is 523. The first-order valence-electron chi connectivity index (χ1n) is 6.44. The first-order chi connectivity index (χ1) is 9.11. The quantitative estimate of drug-likeness (QED) is 0.897. The van der Waals surface area contributed by atoms with Crippen molar-refractivity contribution in [1.82, 2.24) is 0 Å². The molecule has 0 bridgehead atoms. The molecule has 102 valence electrons. The van der Waals surface area contributed by atoms with E-state index in [1.54, 1.807) is 11.3 Å². The van der Waals surface area contributed by atoms with E-state index in [2.05, 4.69) is 23.3 Å². The number of thiophene rings is 1. The lowest BCUT2D eigenvalue weighted by Crippen LogP contribution is -2.24. The van der Waals surface area contributed by atoms with Gasteiger partial charge in [0.1, 0.15) is 5.82 Å². The van der Waals surface area contributed by atoms with Crippen molar-refractivity contribution in [3.05, 3.63) is 52.0 Å². The van der Waals surface area contributed by atoms with Gasteiger partial charge in [-0.1, -0.05) is 6.07 Å². The maximum Gasteiger partial charge on any atom is 0.123 e. The second-order valence-corrected chi connectivity index (χ2v) is 5.62. The van der Waals surface area contributed by atoms with Crippen LogP contribution in [0.1, 0.15) is 30.3 Å². The predicted octanol–water partition coefficient (Wildman–Crippen LogP) is 3.93. The standard InChI is InChI=1S/C15H19FN2S/c1-3-18(10-13-5-4-8-19-13)15-7-6-12(16)9-14(15)11(2)17/h4-9,11H,3,10,17H2,1-2H3/t11-/m1/s1. The lowest BCUT2D eigenvalue weighted by atomic mass is 10.1. The van der Waals surface area contributed by atoms with Gasteiger partial charge in [0.25, 0.3) is 0 Å². The molecule has 0 spiro atoms. The molecule has 0 amide bonds. The van der Waals surface area contributed by atoms with Crippen molar-refractivity contribution in [2.24, 2.45) is 5.73 Å². The maximum atomic E-state index is 13.4. The first-order valence-corrected chi connectivity index (χ1v) is 7.32. The third kappa shape index (κ3) is 3.33. The van der Waals surface area contributed by atoms with E-state index in [1.165, 1.54) is 17.0 Å². The molecular formula is C15H19FN2S. The molecule has 4 heteroatoms. The van der Waals surface area contributed by atoms with Crippen LogP contribution >= 0.6 is 11.3 Å². The van der Waals surface area contributed by atoms with Gasteiger partial charge in [0.15, 0.2) is 0 Å². The van der Waals surface area contributed by atoms with Gasteiger partial charge in [-0.15, -0.1) is 11.3 Å². The number of rotatable bonds is 5. The van der Waals surface area contributed by atoms with Crippen LogP contribution in [0.5, 0.6) is 0 Å². The maximum absolute atomic E-state index is 13.4. The topological polar surface area (TPSA) is 29.3 Å². The van der Waals surface area contributed by atoms with Gasteiger partial charge in [0.05, 0.1) is 6.54 Å². The lowest BCUT2D eigenvalue weighted by molar-refractivity contribution is 0.621. The van der Waals surface area contributed by atoms with Crippen molar-refractivity contribution < 1.29 is 4.39 Å². The van der Waals surface area contributed by atoms with Crippen LogP contribution in [0.4, 0.5) is 10.1 Å². The summed E-state index contributed by atoms with van der Waals surface area (Å²) in [6.45, 7) is 5.68. The Kier molecular flexibility index (Phi) is 4.56.